The van der Waals surface area contributed by atoms with Crippen LogP contribution in [0.2, 0.25) is 0 Å². The molecule has 1 heterocycles. The number of aliphatic hydroxyl groups is 1. The largest absolute Gasteiger partial charge is 0.390 e. The zero-order chi connectivity index (χ0) is 15.3. The number of hydrogen-bond acceptors (Lipinski definition) is 3. The first-order valence-corrected chi connectivity index (χ1v) is 7.88. The van der Waals surface area contributed by atoms with E-state index in [1.165, 1.54) is 0 Å². The summed E-state index contributed by atoms with van der Waals surface area (Å²) in [6.07, 6.45) is 3.27. The average Bonchev–Trinajstić information content (AvgIpc) is 2.65. The van der Waals surface area contributed by atoms with Crippen molar-refractivity contribution >= 4 is 11.6 Å². The lowest BCUT2D eigenvalue weighted by Gasteiger charge is -2.23. The van der Waals surface area contributed by atoms with Crippen molar-refractivity contribution in [1.82, 2.24) is 4.90 Å². The molecule has 1 aromatic rings. The molecule has 1 unspecified atom stereocenters. The van der Waals surface area contributed by atoms with Crippen molar-refractivity contribution in [2.24, 2.45) is 0 Å². The first kappa shape index (κ1) is 15.8. The molecule has 1 saturated heterocycles. The van der Waals surface area contributed by atoms with Crippen LogP contribution in [0.1, 0.15) is 49.9 Å². The van der Waals surface area contributed by atoms with Gasteiger partial charge in [-0.2, -0.15) is 0 Å². The predicted octanol–water partition coefficient (Wildman–Crippen LogP) is 2.89. The lowest BCUT2D eigenvalue weighted by Crippen LogP contribution is -2.34. The third-order valence-corrected chi connectivity index (χ3v) is 4.07. The molecule has 2 N–H and O–H groups in total. The van der Waals surface area contributed by atoms with Crippen LogP contribution in [0, 0.1) is 0 Å². The Balaban J connectivity index is 2.12. The fraction of sp³-hybridized carbons (Fsp3) is 0.588. The van der Waals surface area contributed by atoms with Crippen molar-refractivity contribution in [1.29, 1.82) is 0 Å². The maximum Gasteiger partial charge on any atom is 0.255 e. The van der Waals surface area contributed by atoms with E-state index in [-0.39, 0.29) is 5.91 Å². The Kier molecular flexibility index (Phi) is 5.23. The molecular weight excluding hydrogens is 264 g/mol. The maximum absolute atomic E-state index is 12.8. The summed E-state index contributed by atoms with van der Waals surface area (Å²) in [5, 5.41) is 13.5. The molecule has 1 atom stereocenters. The highest BCUT2D eigenvalue weighted by atomic mass is 16.3. The second-order valence-electron chi connectivity index (χ2n) is 6.12. The number of nitrogens with one attached hydrogen (secondary N) is 1. The highest BCUT2D eigenvalue weighted by Gasteiger charge is 2.28. The van der Waals surface area contributed by atoms with E-state index < -0.39 is 5.60 Å². The minimum absolute atomic E-state index is 0.0619. The first-order chi connectivity index (χ1) is 10.0. The Labute approximate surface area is 127 Å². The zero-order valence-corrected chi connectivity index (χ0v) is 13.1. The number of para-hydroxylation sites is 1. The summed E-state index contributed by atoms with van der Waals surface area (Å²) in [6, 6.07) is 7.68. The van der Waals surface area contributed by atoms with Crippen LogP contribution >= 0.6 is 0 Å². The van der Waals surface area contributed by atoms with E-state index in [9.17, 15) is 9.90 Å². The third kappa shape index (κ3) is 4.21. The van der Waals surface area contributed by atoms with Crippen molar-refractivity contribution in [2.75, 3.05) is 25.0 Å². The van der Waals surface area contributed by atoms with Crippen molar-refractivity contribution in [3.63, 3.8) is 0 Å². The lowest BCUT2D eigenvalue weighted by molar-refractivity contribution is 0.0438. The minimum Gasteiger partial charge on any atom is -0.390 e. The van der Waals surface area contributed by atoms with Gasteiger partial charge in [0.25, 0.3) is 5.91 Å². The molecule has 4 nitrogen and oxygen atoms in total. The van der Waals surface area contributed by atoms with E-state index in [4.69, 9.17) is 0 Å². The molecule has 0 spiro atoms. The van der Waals surface area contributed by atoms with Gasteiger partial charge in [0.15, 0.2) is 0 Å². The molecule has 2 rings (SSSR count). The van der Waals surface area contributed by atoms with Gasteiger partial charge in [0.05, 0.1) is 11.2 Å². The highest BCUT2D eigenvalue weighted by Crippen LogP contribution is 2.24. The van der Waals surface area contributed by atoms with Crippen LogP contribution in [0.3, 0.4) is 0 Å². The Morgan fingerprint density at radius 1 is 1.33 bits per heavy atom. The highest BCUT2D eigenvalue weighted by molar-refractivity contribution is 5.99. The summed E-state index contributed by atoms with van der Waals surface area (Å²) in [4.78, 5) is 14.6. The number of amides is 1. The van der Waals surface area contributed by atoms with E-state index in [0.717, 1.165) is 43.6 Å². The number of rotatable bonds is 4. The van der Waals surface area contributed by atoms with Crippen LogP contribution in [0.15, 0.2) is 24.3 Å². The van der Waals surface area contributed by atoms with Crippen molar-refractivity contribution in [3.8, 4) is 0 Å². The second kappa shape index (κ2) is 6.94. The number of anilines is 1. The molecule has 0 aromatic heterocycles. The Hall–Kier alpha value is -1.55. The molecule has 0 saturated carbocycles. The van der Waals surface area contributed by atoms with Crippen molar-refractivity contribution < 1.29 is 9.90 Å². The SMILES string of the molecule is CCCNc1ccccc1C(=O)N1CCCC(C)(O)CC1. The Morgan fingerprint density at radius 2 is 2.10 bits per heavy atom. The molecule has 1 aliphatic heterocycles. The van der Waals surface area contributed by atoms with Gasteiger partial charge in [-0.05, 0) is 44.7 Å². The predicted molar refractivity (Wildman–Crippen MR) is 85.6 cm³/mol. The summed E-state index contributed by atoms with van der Waals surface area (Å²) in [5.41, 5.74) is 0.988. The smallest absolute Gasteiger partial charge is 0.255 e. The maximum atomic E-state index is 12.8. The fourth-order valence-corrected chi connectivity index (χ4v) is 2.72. The van der Waals surface area contributed by atoms with Crippen LogP contribution in [0.4, 0.5) is 5.69 Å². The summed E-state index contributed by atoms with van der Waals surface area (Å²) < 4.78 is 0. The standard InChI is InChI=1S/C17H26N2O2/c1-3-11-18-15-8-5-4-7-14(15)16(20)19-12-6-9-17(2,21)10-13-19/h4-5,7-8,18,21H,3,6,9-13H2,1-2H3. The average molecular weight is 290 g/mol. The molecule has 4 heteroatoms. The second-order valence-corrected chi connectivity index (χ2v) is 6.12. The molecule has 0 aliphatic carbocycles. The van der Waals surface area contributed by atoms with Crippen molar-refractivity contribution in [3.05, 3.63) is 29.8 Å². The van der Waals surface area contributed by atoms with Gasteiger partial charge < -0.3 is 15.3 Å². The molecule has 1 aromatic carbocycles. The van der Waals surface area contributed by atoms with E-state index in [2.05, 4.69) is 12.2 Å². The third-order valence-electron chi connectivity index (χ3n) is 4.07. The fourth-order valence-electron chi connectivity index (χ4n) is 2.72. The van der Waals surface area contributed by atoms with Gasteiger partial charge in [0.1, 0.15) is 0 Å². The van der Waals surface area contributed by atoms with Crippen LogP contribution in [0.5, 0.6) is 0 Å². The molecule has 0 bridgehead atoms. The topological polar surface area (TPSA) is 52.6 Å². The summed E-state index contributed by atoms with van der Waals surface area (Å²) in [5.74, 6) is 0.0619. The number of likely N-dealkylation sites (tertiary alicyclic amines) is 1. The molecule has 1 amide bonds. The van der Waals surface area contributed by atoms with Gasteiger partial charge in [0, 0.05) is 25.3 Å². The van der Waals surface area contributed by atoms with Gasteiger partial charge in [-0.15, -0.1) is 0 Å². The number of carbonyl (C=O) groups excluding carboxylic acids is 1. The van der Waals surface area contributed by atoms with Crippen molar-refractivity contribution in [2.45, 2.75) is 45.1 Å². The molecule has 21 heavy (non-hydrogen) atoms. The van der Waals surface area contributed by atoms with E-state index in [0.29, 0.717) is 13.0 Å². The zero-order valence-electron chi connectivity index (χ0n) is 13.1. The molecule has 1 fully saturated rings. The number of carbonyl (C=O) groups is 1. The van der Waals surface area contributed by atoms with Gasteiger partial charge in [0.2, 0.25) is 0 Å². The van der Waals surface area contributed by atoms with Crippen LogP contribution in [-0.2, 0) is 0 Å². The van der Waals surface area contributed by atoms with E-state index in [1.807, 2.05) is 36.1 Å². The Bertz CT molecular complexity index is 485. The van der Waals surface area contributed by atoms with E-state index in [1.54, 1.807) is 0 Å². The summed E-state index contributed by atoms with van der Waals surface area (Å²) in [6.45, 7) is 6.16. The molecule has 116 valence electrons. The molecular formula is C17H26N2O2. The first-order valence-electron chi connectivity index (χ1n) is 7.88. The van der Waals surface area contributed by atoms with E-state index >= 15 is 0 Å². The van der Waals surface area contributed by atoms with Crippen LogP contribution in [0.25, 0.3) is 0 Å². The lowest BCUT2D eigenvalue weighted by atomic mass is 9.98. The molecule has 0 radical (unpaired) electrons. The Morgan fingerprint density at radius 3 is 2.86 bits per heavy atom. The number of benzene rings is 1. The summed E-state index contributed by atoms with van der Waals surface area (Å²) in [7, 11) is 0. The molecule has 1 aliphatic rings. The minimum atomic E-state index is -0.644. The van der Waals surface area contributed by atoms with Gasteiger partial charge in [-0.3, -0.25) is 4.79 Å². The quantitative estimate of drug-likeness (QED) is 0.896. The van der Waals surface area contributed by atoms with Crippen LogP contribution in [-0.4, -0.2) is 41.1 Å². The number of nitrogens with zero attached hydrogens (tertiary/aromatic N) is 1. The van der Waals surface area contributed by atoms with Crippen LogP contribution < -0.4 is 5.32 Å². The van der Waals surface area contributed by atoms with Gasteiger partial charge in [-0.25, -0.2) is 0 Å². The number of hydrogen-bond donors (Lipinski definition) is 2. The van der Waals surface area contributed by atoms with Gasteiger partial charge >= 0.3 is 0 Å². The monoisotopic (exact) mass is 290 g/mol. The van der Waals surface area contributed by atoms with Gasteiger partial charge in [-0.1, -0.05) is 19.1 Å². The normalized spacial score (nSPS) is 22.7. The summed E-state index contributed by atoms with van der Waals surface area (Å²) >= 11 is 0.